The summed E-state index contributed by atoms with van der Waals surface area (Å²) in [6.45, 7) is 5.90. The Morgan fingerprint density at radius 2 is 1.62 bits per heavy atom. The van der Waals surface area contributed by atoms with Gasteiger partial charge in [-0.05, 0) is 32.9 Å². The fourth-order valence-electron chi connectivity index (χ4n) is 1.13. The van der Waals surface area contributed by atoms with Crippen molar-refractivity contribution in [3.05, 3.63) is 36.5 Å². The molecule has 0 aliphatic carbocycles. The molecular weight excluding hydrogens is 198 g/mol. The maximum atomic E-state index is 5.69. The number of hydrogen-bond acceptors (Lipinski definition) is 3. The number of nitrogens with zero attached hydrogens (tertiary/aromatic N) is 1. The van der Waals surface area contributed by atoms with E-state index in [4.69, 9.17) is 11.5 Å². The Bertz CT molecular complexity index is 447. The SMILES string of the molecule is CC(C)(C)N.Nc1cccc2cccnc12. The number of rotatable bonds is 0. The molecule has 2 rings (SSSR count). The van der Waals surface area contributed by atoms with Crippen LogP contribution in [-0.4, -0.2) is 10.5 Å². The van der Waals surface area contributed by atoms with E-state index in [0.717, 1.165) is 16.6 Å². The average Bonchev–Trinajstić information content (AvgIpc) is 2.16. The summed E-state index contributed by atoms with van der Waals surface area (Å²) in [5.74, 6) is 0. The van der Waals surface area contributed by atoms with Crippen LogP contribution in [0.5, 0.6) is 0 Å². The van der Waals surface area contributed by atoms with Crippen molar-refractivity contribution in [3.63, 3.8) is 0 Å². The second-order valence-corrected chi connectivity index (χ2v) is 4.79. The van der Waals surface area contributed by atoms with Gasteiger partial charge in [0.15, 0.2) is 0 Å². The largest absolute Gasteiger partial charge is 0.397 e. The number of nitrogen functional groups attached to an aromatic ring is 1. The van der Waals surface area contributed by atoms with Crippen molar-refractivity contribution < 1.29 is 0 Å². The van der Waals surface area contributed by atoms with Gasteiger partial charge in [0, 0.05) is 17.1 Å². The first kappa shape index (κ1) is 12.5. The Morgan fingerprint density at radius 3 is 2.19 bits per heavy atom. The van der Waals surface area contributed by atoms with Crippen LogP contribution in [0.1, 0.15) is 20.8 Å². The molecule has 0 fully saturated rings. The lowest BCUT2D eigenvalue weighted by molar-refractivity contribution is 0.580. The Kier molecular flexibility index (Phi) is 3.85. The average molecular weight is 217 g/mol. The standard InChI is InChI=1S/C9H8N2.C4H11N/c10-8-5-1-3-7-4-2-6-11-9(7)8;1-4(2,3)5/h1-6H,10H2;5H2,1-3H3. The number of pyridine rings is 1. The number of benzene rings is 1. The fourth-order valence-corrected chi connectivity index (χ4v) is 1.13. The maximum Gasteiger partial charge on any atom is 0.0931 e. The molecule has 86 valence electrons. The smallest absolute Gasteiger partial charge is 0.0931 e. The Morgan fingerprint density at radius 1 is 1.06 bits per heavy atom. The molecule has 3 nitrogen and oxygen atoms in total. The molecule has 0 aliphatic heterocycles. The third-order valence-electron chi connectivity index (χ3n) is 1.66. The molecule has 0 unspecified atom stereocenters. The molecule has 0 saturated heterocycles. The third-order valence-corrected chi connectivity index (χ3v) is 1.66. The highest BCUT2D eigenvalue weighted by molar-refractivity contribution is 5.88. The first-order valence-corrected chi connectivity index (χ1v) is 5.26. The van der Waals surface area contributed by atoms with Gasteiger partial charge in [0.05, 0.1) is 11.2 Å². The predicted molar refractivity (Wildman–Crippen MR) is 70.1 cm³/mol. The molecule has 0 amide bonds. The molecule has 4 N–H and O–H groups in total. The Balaban J connectivity index is 0.000000221. The molecule has 2 aromatic rings. The van der Waals surface area contributed by atoms with Crippen molar-refractivity contribution in [2.75, 3.05) is 5.73 Å². The molecule has 0 radical (unpaired) electrons. The molecule has 0 saturated carbocycles. The van der Waals surface area contributed by atoms with Gasteiger partial charge >= 0.3 is 0 Å². The van der Waals surface area contributed by atoms with Crippen molar-refractivity contribution in [1.82, 2.24) is 4.98 Å². The van der Waals surface area contributed by atoms with Crippen LogP contribution >= 0.6 is 0 Å². The van der Waals surface area contributed by atoms with Gasteiger partial charge < -0.3 is 11.5 Å². The minimum atomic E-state index is 0. The van der Waals surface area contributed by atoms with Crippen LogP contribution in [-0.2, 0) is 0 Å². The highest BCUT2D eigenvalue weighted by Gasteiger charge is 1.95. The zero-order chi connectivity index (χ0) is 12.2. The number of para-hydroxylation sites is 1. The van der Waals surface area contributed by atoms with Gasteiger partial charge in [-0.25, -0.2) is 0 Å². The second-order valence-electron chi connectivity index (χ2n) is 4.79. The molecule has 0 bridgehead atoms. The van der Waals surface area contributed by atoms with E-state index in [1.165, 1.54) is 0 Å². The minimum absolute atomic E-state index is 0. The quantitative estimate of drug-likeness (QED) is 0.666. The molecule has 3 heteroatoms. The summed E-state index contributed by atoms with van der Waals surface area (Å²) in [4.78, 5) is 4.16. The first-order valence-electron chi connectivity index (χ1n) is 5.26. The molecular formula is C13H19N3. The summed E-state index contributed by atoms with van der Waals surface area (Å²) in [7, 11) is 0. The van der Waals surface area contributed by atoms with Crippen LogP contribution < -0.4 is 11.5 Å². The number of anilines is 1. The molecule has 1 aromatic carbocycles. The number of nitrogens with two attached hydrogens (primary N) is 2. The van der Waals surface area contributed by atoms with Crippen LogP contribution in [0.25, 0.3) is 10.9 Å². The monoisotopic (exact) mass is 217 g/mol. The van der Waals surface area contributed by atoms with Crippen molar-refractivity contribution in [1.29, 1.82) is 0 Å². The zero-order valence-electron chi connectivity index (χ0n) is 10.1. The zero-order valence-corrected chi connectivity index (χ0v) is 10.1. The second kappa shape index (κ2) is 4.94. The van der Waals surface area contributed by atoms with E-state index in [9.17, 15) is 0 Å². The molecule has 1 heterocycles. The normalized spacial score (nSPS) is 10.8. The molecule has 0 atom stereocenters. The lowest BCUT2D eigenvalue weighted by atomic mass is 10.1. The van der Waals surface area contributed by atoms with Crippen molar-refractivity contribution in [2.45, 2.75) is 26.3 Å². The molecule has 1 aromatic heterocycles. The van der Waals surface area contributed by atoms with E-state index < -0.39 is 0 Å². The fraction of sp³-hybridized carbons (Fsp3) is 0.308. The summed E-state index contributed by atoms with van der Waals surface area (Å²) in [5.41, 5.74) is 12.7. The van der Waals surface area contributed by atoms with E-state index in [2.05, 4.69) is 4.98 Å². The topological polar surface area (TPSA) is 64.9 Å². The molecule has 0 spiro atoms. The molecule has 0 aliphatic rings. The lowest BCUT2D eigenvalue weighted by Gasteiger charge is -2.06. The minimum Gasteiger partial charge on any atom is -0.397 e. The predicted octanol–water partition coefficient (Wildman–Crippen LogP) is 2.56. The maximum absolute atomic E-state index is 5.69. The first-order chi connectivity index (χ1) is 7.38. The van der Waals surface area contributed by atoms with E-state index in [1.807, 2.05) is 51.1 Å². The van der Waals surface area contributed by atoms with Crippen LogP contribution in [0, 0.1) is 0 Å². The van der Waals surface area contributed by atoms with Gasteiger partial charge in [0.2, 0.25) is 0 Å². The number of hydrogen-bond donors (Lipinski definition) is 2. The van der Waals surface area contributed by atoms with E-state index in [0.29, 0.717) is 0 Å². The Hall–Kier alpha value is -1.61. The van der Waals surface area contributed by atoms with Gasteiger partial charge in [-0.2, -0.15) is 0 Å². The van der Waals surface area contributed by atoms with Crippen LogP contribution in [0.4, 0.5) is 5.69 Å². The van der Waals surface area contributed by atoms with Crippen LogP contribution in [0.15, 0.2) is 36.5 Å². The highest BCUT2D eigenvalue weighted by atomic mass is 14.7. The summed E-state index contributed by atoms with van der Waals surface area (Å²) in [6.07, 6.45) is 1.75. The van der Waals surface area contributed by atoms with Gasteiger partial charge in [-0.1, -0.05) is 18.2 Å². The van der Waals surface area contributed by atoms with Gasteiger partial charge in [0.1, 0.15) is 0 Å². The molecule has 16 heavy (non-hydrogen) atoms. The summed E-state index contributed by atoms with van der Waals surface area (Å²) < 4.78 is 0. The summed E-state index contributed by atoms with van der Waals surface area (Å²) in [5, 5.41) is 1.09. The van der Waals surface area contributed by atoms with Gasteiger partial charge in [0.25, 0.3) is 0 Å². The van der Waals surface area contributed by atoms with Crippen molar-refractivity contribution in [3.8, 4) is 0 Å². The third kappa shape index (κ3) is 4.28. The highest BCUT2D eigenvalue weighted by Crippen LogP contribution is 2.16. The van der Waals surface area contributed by atoms with Crippen LogP contribution in [0.3, 0.4) is 0 Å². The summed E-state index contributed by atoms with van der Waals surface area (Å²) in [6, 6.07) is 9.69. The van der Waals surface area contributed by atoms with Crippen molar-refractivity contribution >= 4 is 16.6 Å². The van der Waals surface area contributed by atoms with Crippen LogP contribution in [0.2, 0.25) is 0 Å². The van der Waals surface area contributed by atoms with Gasteiger partial charge in [-0.3, -0.25) is 4.98 Å². The lowest BCUT2D eigenvalue weighted by Crippen LogP contribution is -2.26. The van der Waals surface area contributed by atoms with E-state index >= 15 is 0 Å². The van der Waals surface area contributed by atoms with E-state index in [-0.39, 0.29) is 5.54 Å². The Labute approximate surface area is 96.5 Å². The number of aromatic nitrogens is 1. The summed E-state index contributed by atoms with van der Waals surface area (Å²) >= 11 is 0. The van der Waals surface area contributed by atoms with Crippen molar-refractivity contribution in [2.24, 2.45) is 5.73 Å². The van der Waals surface area contributed by atoms with Gasteiger partial charge in [-0.15, -0.1) is 0 Å². The van der Waals surface area contributed by atoms with E-state index in [1.54, 1.807) is 6.20 Å². The number of fused-ring (bicyclic) bond motifs is 1.